The molecule has 22 heavy (non-hydrogen) atoms. The minimum Gasteiger partial charge on any atom is -0.481 e. The van der Waals surface area contributed by atoms with E-state index in [0.29, 0.717) is 24.9 Å². The number of hydrogen-bond donors (Lipinski definition) is 1. The van der Waals surface area contributed by atoms with Crippen LogP contribution in [0.15, 0.2) is 43.1 Å². The van der Waals surface area contributed by atoms with E-state index in [1.807, 2.05) is 18.2 Å². The van der Waals surface area contributed by atoms with Gasteiger partial charge in [0.15, 0.2) is 0 Å². The van der Waals surface area contributed by atoms with Crippen molar-refractivity contribution in [3.8, 4) is 5.88 Å². The van der Waals surface area contributed by atoms with E-state index >= 15 is 0 Å². The third-order valence-corrected chi connectivity index (χ3v) is 3.51. The molecular formula is C16H16N4O2. The lowest BCUT2D eigenvalue weighted by atomic mass is 10.1. The Labute approximate surface area is 128 Å². The van der Waals surface area contributed by atoms with Crippen molar-refractivity contribution < 1.29 is 9.53 Å². The van der Waals surface area contributed by atoms with Crippen LogP contribution in [-0.2, 0) is 17.9 Å². The lowest BCUT2D eigenvalue weighted by molar-refractivity contribution is -0.126. The van der Waals surface area contributed by atoms with E-state index in [9.17, 15) is 4.79 Å². The quantitative estimate of drug-likeness (QED) is 0.877. The fourth-order valence-electron chi connectivity index (χ4n) is 2.40. The highest BCUT2D eigenvalue weighted by molar-refractivity contribution is 5.87. The number of rotatable bonds is 4. The third kappa shape index (κ3) is 2.76. The molecule has 1 N–H and O–H groups in total. The molecular weight excluding hydrogens is 280 g/mol. The number of fused-ring (bicyclic) bond motifs is 1. The number of anilines is 2. The molecule has 0 radical (unpaired) electrons. The van der Waals surface area contributed by atoms with Crippen LogP contribution in [0.1, 0.15) is 11.1 Å². The minimum absolute atomic E-state index is 0.0539. The predicted octanol–water partition coefficient (Wildman–Crippen LogP) is 2.26. The second-order valence-electron chi connectivity index (χ2n) is 4.93. The molecule has 1 aromatic heterocycles. The topological polar surface area (TPSA) is 67.4 Å². The third-order valence-electron chi connectivity index (χ3n) is 3.51. The lowest BCUT2D eigenvalue weighted by Crippen LogP contribution is -2.22. The van der Waals surface area contributed by atoms with Gasteiger partial charge in [-0.05, 0) is 29.3 Å². The molecule has 0 unspecified atom stereocenters. The van der Waals surface area contributed by atoms with Crippen LogP contribution in [0.2, 0.25) is 0 Å². The van der Waals surface area contributed by atoms with E-state index in [4.69, 9.17) is 4.74 Å². The summed E-state index contributed by atoms with van der Waals surface area (Å²) in [6, 6.07) is 7.65. The Morgan fingerprint density at radius 2 is 2.18 bits per heavy atom. The molecule has 1 aromatic carbocycles. The van der Waals surface area contributed by atoms with Crippen LogP contribution < -0.4 is 10.1 Å². The van der Waals surface area contributed by atoms with Gasteiger partial charge in [0.1, 0.15) is 0 Å². The second-order valence-corrected chi connectivity index (χ2v) is 4.93. The molecule has 0 atom stereocenters. The number of aromatic nitrogens is 2. The van der Waals surface area contributed by atoms with Crippen LogP contribution in [0.4, 0.5) is 11.6 Å². The van der Waals surface area contributed by atoms with Crippen molar-refractivity contribution in [1.29, 1.82) is 0 Å². The van der Waals surface area contributed by atoms with E-state index < -0.39 is 0 Å². The molecule has 0 spiro atoms. The summed E-state index contributed by atoms with van der Waals surface area (Å²) in [6.07, 6.45) is 2.97. The monoisotopic (exact) mass is 296 g/mol. The zero-order valence-electron chi connectivity index (χ0n) is 12.2. The summed E-state index contributed by atoms with van der Waals surface area (Å²) in [4.78, 5) is 21.8. The molecule has 0 aliphatic carbocycles. The maximum atomic E-state index is 11.7. The highest BCUT2D eigenvalue weighted by Crippen LogP contribution is 2.27. The molecule has 0 bridgehead atoms. The van der Waals surface area contributed by atoms with Crippen molar-refractivity contribution in [1.82, 2.24) is 14.9 Å². The largest absolute Gasteiger partial charge is 0.481 e. The van der Waals surface area contributed by atoms with Gasteiger partial charge in [0.05, 0.1) is 7.11 Å². The molecule has 2 aromatic rings. The molecule has 1 aliphatic heterocycles. The van der Waals surface area contributed by atoms with Crippen LogP contribution >= 0.6 is 0 Å². The second kappa shape index (κ2) is 5.85. The fraction of sp³-hybridized carbons (Fsp3) is 0.188. The summed E-state index contributed by atoms with van der Waals surface area (Å²) in [5.41, 5.74) is 3.13. The zero-order chi connectivity index (χ0) is 15.5. The Kier molecular flexibility index (Phi) is 3.74. The molecule has 0 saturated carbocycles. The Balaban J connectivity index is 1.78. The van der Waals surface area contributed by atoms with Crippen LogP contribution in [0.3, 0.4) is 0 Å². The van der Waals surface area contributed by atoms with Crippen molar-refractivity contribution in [3.63, 3.8) is 0 Å². The molecule has 0 fully saturated rings. The van der Waals surface area contributed by atoms with Gasteiger partial charge in [0, 0.05) is 31.0 Å². The number of nitrogens with one attached hydrogen (secondary N) is 1. The molecule has 1 aliphatic rings. The minimum atomic E-state index is -0.0539. The maximum Gasteiger partial charge on any atom is 0.246 e. The Hall–Kier alpha value is -2.89. The molecule has 112 valence electrons. The van der Waals surface area contributed by atoms with E-state index in [0.717, 1.165) is 16.8 Å². The molecule has 6 nitrogen and oxygen atoms in total. The van der Waals surface area contributed by atoms with Crippen LogP contribution in [0.25, 0.3) is 0 Å². The molecule has 3 rings (SSSR count). The predicted molar refractivity (Wildman–Crippen MR) is 82.8 cm³/mol. The van der Waals surface area contributed by atoms with Gasteiger partial charge in [0.2, 0.25) is 17.7 Å². The first-order valence-corrected chi connectivity index (χ1v) is 6.87. The number of nitrogens with zero attached hydrogens (tertiary/aromatic N) is 3. The molecule has 6 heteroatoms. The van der Waals surface area contributed by atoms with Gasteiger partial charge >= 0.3 is 0 Å². The zero-order valence-corrected chi connectivity index (χ0v) is 12.2. The standard InChI is InChI=1S/C16H16N4O2/c1-3-15(21)20-9-11-4-5-13(8-12(11)10-20)18-16-17-7-6-14(19-16)22-2/h3-8H,1,9-10H2,2H3,(H,17,18,19). The van der Waals surface area contributed by atoms with Gasteiger partial charge in [-0.15, -0.1) is 0 Å². The number of amides is 1. The van der Waals surface area contributed by atoms with Crippen LogP contribution in [0, 0.1) is 0 Å². The van der Waals surface area contributed by atoms with Gasteiger partial charge in [-0.25, -0.2) is 4.98 Å². The summed E-state index contributed by atoms with van der Waals surface area (Å²) in [5, 5.41) is 3.14. The Morgan fingerprint density at radius 1 is 1.36 bits per heavy atom. The van der Waals surface area contributed by atoms with Crippen molar-refractivity contribution >= 4 is 17.5 Å². The van der Waals surface area contributed by atoms with E-state index in [2.05, 4.69) is 21.9 Å². The maximum absolute atomic E-state index is 11.7. The summed E-state index contributed by atoms with van der Waals surface area (Å²) in [7, 11) is 1.56. The molecule has 0 saturated heterocycles. The smallest absolute Gasteiger partial charge is 0.246 e. The van der Waals surface area contributed by atoms with Crippen LogP contribution in [-0.4, -0.2) is 27.9 Å². The lowest BCUT2D eigenvalue weighted by Gasteiger charge is -2.11. The van der Waals surface area contributed by atoms with Crippen molar-refractivity contribution in [3.05, 3.63) is 54.2 Å². The SMILES string of the molecule is C=CC(=O)N1Cc2ccc(Nc3nccc(OC)n3)cc2C1. The van der Waals surface area contributed by atoms with E-state index in [1.54, 1.807) is 24.3 Å². The summed E-state index contributed by atoms with van der Waals surface area (Å²) < 4.78 is 5.07. The van der Waals surface area contributed by atoms with Gasteiger partial charge in [-0.1, -0.05) is 12.6 Å². The number of benzene rings is 1. The average molecular weight is 296 g/mol. The number of methoxy groups -OCH3 is 1. The summed E-state index contributed by atoms with van der Waals surface area (Å²) in [5.74, 6) is 0.916. The van der Waals surface area contributed by atoms with Crippen LogP contribution in [0.5, 0.6) is 5.88 Å². The van der Waals surface area contributed by atoms with Gasteiger partial charge in [0.25, 0.3) is 0 Å². The van der Waals surface area contributed by atoms with Crippen molar-refractivity contribution in [2.75, 3.05) is 12.4 Å². The van der Waals surface area contributed by atoms with E-state index in [-0.39, 0.29) is 5.91 Å². The van der Waals surface area contributed by atoms with Crippen molar-refractivity contribution in [2.45, 2.75) is 13.1 Å². The van der Waals surface area contributed by atoms with Gasteiger partial charge in [-0.2, -0.15) is 4.98 Å². The normalized spacial score (nSPS) is 12.7. The summed E-state index contributed by atoms with van der Waals surface area (Å²) >= 11 is 0. The number of carbonyl (C=O) groups excluding carboxylic acids is 1. The fourth-order valence-corrected chi connectivity index (χ4v) is 2.40. The Bertz CT molecular complexity index is 730. The highest BCUT2D eigenvalue weighted by atomic mass is 16.5. The number of ether oxygens (including phenoxy) is 1. The highest BCUT2D eigenvalue weighted by Gasteiger charge is 2.21. The first-order chi connectivity index (χ1) is 10.7. The first kappa shape index (κ1) is 14.1. The molecule has 1 amide bonds. The van der Waals surface area contributed by atoms with Gasteiger partial charge in [-0.3, -0.25) is 4.79 Å². The van der Waals surface area contributed by atoms with Gasteiger partial charge < -0.3 is 15.0 Å². The summed E-state index contributed by atoms with van der Waals surface area (Å²) in [6.45, 7) is 4.74. The molecule has 2 heterocycles. The Morgan fingerprint density at radius 3 is 2.95 bits per heavy atom. The number of hydrogen-bond acceptors (Lipinski definition) is 5. The van der Waals surface area contributed by atoms with E-state index in [1.165, 1.54) is 6.08 Å². The first-order valence-electron chi connectivity index (χ1n) is 6.87. The average Bonchev–Trinajstić information content (AvgIpc) is 2.97. The van der Waals surface area contributed by atoms with Crippen molar-refractivity contribution in [2.24, 2.45) is 0 Å². The number of carbonyl (C=O) groups is 1.